The second-order valence-electron chi connectivity index (χ2n) is 9.11. The van der Waals surface area contributed by atoms with Crippen molar-refractivity contribution in [2.24, 2.45) is 11.5 Å². The molecule has 0 saturated carbocycles. The molecular formula is C30H30N2O2S. The second kappa shape index (κ2) is 9.78. The first-order chi connectivity index (χ1) is 17.0. The molecular weight excluding hydrogens is 452 g/mol. The van der Waals surface area contributed by atoms with Gasteiger partial charge in [0.15, 0.2) is 0 Å². The Balaban J connectivity index is 1.57. The largest absolute Gasteiger partial charge is 0.330 e. The maximum atomic E-state index is 13.3. The summed E-state index contributed by atoms with van der Waals surface area (Å²) in [6.07, 6.45) is 3.74. The fourth-order valence-corrected chi connectivity index (χ4v) is 6.50. The molecule has 35 heavy (non-hydrogen) atoms. The highest BCUT2D eigenvalue weighted by Crippen LogP contribution is 2.46. The Morgan fingerprint density at radius 3 is 1.40 bits per heavy atom. The summed E-state index contributed by atoms with van der Waals surface area (Å²) in [6.45, 7) is 1.33. The third-order valence-electron chi connectivity index (χ3n) is 6.69. The van der Waals surface area contributed by atoms with E-state index >= 15 is 0 Å². The van der Waals surface area contributed by atoms with Crippen molar-refractivity contribution in [1.82, 2.24) is 0 Å². The Morgan fingerprint density at radius 1 is 0.543 bits per heavy atom. The Kier molecular flexibility index (Phi) is 6.56. The minimum Gasteiger partial charge on any atom is -0.330 e. The smallest absolute Gasteiger partial charge is 0.207 e. The van der Waals surface area contributed by atoms with Crippen LogP contribution in [-0.4, -0.2) is 21.5 Å². The summed E-state index contributed by atoms with van der Waals surface area (Å²) in [7, 11) is -3.53. The molecule has 0 bridgehead atoms. The van der Waals surface area contributed by atoms with Gasteiger partial charge in [0.2, 0.25) is 9.84 Å². The molecule has 0 aromatic heterocycles. The van der Waals surface area contributed by atoms with Crippen molar-refractivity contribution in [3.63, 3.8) is 0 Å². The van der Waals surface area contributed by atoms with Crippen molar-refractivity contribution in [3.05, 3.63) is 96.1 Å². The van der Waals surface area contributed by atoms with Crippen LogP contribution in [0.4, 0.5) is 0 Å². The first kappa shape index (κ1) is 23.5. The fourth-order valence-electron chi connectivity index (χ4n) is 4.85. The van der Waals surface area contributed by atoms with E-state index < -0.39 is 9.84 Å². The van der Waals surface area contributed by atoms with Crippen molar-refractivity contribution >= 4 is 9.84 Å². The van der Waals surface area contributed by atoms with Crippen LogP contribution in [0.5, 0.6) is 0 Å². The highest BCUT2D eigenvalue weighted by molar-refractivity contribution is 7.92. The maximum absolute atomic E-state index is 13.3. The zero-order valence-electron chi connectivity index (χ0n) is 19.7. The lowest BCUT2D eigenvalue weighted by Crippen LogP contribution is -2.00. The molecule has 1 heterocycles. The lowest BCUT2D eigenvalue weighted by Gasteiger charge is -2.09. The molecule has 4 aromatic carbocycles. The number of aryl methyl sites for hydroxylation is 2. The zero-order valence-corrected chi connectivity index (χ0v) is 20.5. The Morgan fingerprint density at radius 2 is 0.971 bits per heavy atom. The van der Waals surface area contributed by atoms with E-state index in [9.17, 15) is 8.42 Å². The predicted octanol–water partition coefficient (Wildman–Crippen LogP) is 5.62. The third kappa shape index (κ3) is 4.55. The minimum absolute atomic E-state index is 0.379. The first-order valence-corrected chi connectivity index (χ1v) is 13.6. The zero-order chi connectivity index (χ0) is 24.4. The molecule has 178 valence electrons. The van der Waals surface area contributed by atoms with Gasteiger partial charge in [-0.3, -0.25) is 0 Å². The van der Waals surface area contributed by atoms with Gasteiger partial charge in [0.25, 0.3) is 0 Å². The molecule has 1 aliphatic heterocycles. The van der Waals surface area contributed by atoms with Gasteiger partial charge in [-0.2, -0.15) is 0 Å². The Labute approximate surface area is 207 Å². The molecule has 0 fully saturated rings. The van der Waals surface area contributed by atoms with E-state index in [4.69, 9.17) is 11.5 Å². The highest BCUT2D eigenvalue weighted by Gasteiger charge is 2.33. The molecule has 5 heteroatoms. The summed E-state index contributed by atoms with van der Waals surface area (Å²) in [5.41, 5.74) is 19.5. The lowest BCUT2D eigenvalue weighted by molar-refractivity contribution is 0.598. The lowest BCUT2D eigenvalue weighted by atomic mass is 9.94. The Bertz CT molecular complexity index is 1390. The molecule has 0 amide bonds. The van der Waals surface area contributed by atoms with Gasteiger partial charge in [-0.15, -0.1) is 0 Å². The molecule has 4 nitrogen and oxygen atoms in total. The number of hydrogen-bond acceptors (Lipinski definition) is 4. The van der Waals surface area contributed by atoms with Gasteiger partial charge in [-0.05, 0) is 96.4 Å². The summed E-state index contributed by atoms with van der Waals surface area (Å²) in [4.78, 5) is 0.758. The fraction of sp³-hybridized carbons (Fsp3) is 0.200. The molecule has 4 N–H and O–H groups in total. The topological polar surface area (TPSA) is 86.2 Å². The summed E-state index contributed by atoms with van der Waals surface area (Å²) in [6, 6.07) is 28.2. The number of benzene rings is 4. The molecule has 0 atom stereocenters. The normalized spacial score (nSPS) is 13.4. The number of hydrogen-bond donors (Lipinski definition) is 2. The van der Waals surface area contributed by atoms with Gasteiger partial charge in [-0.1, -0.05) is 60.7 Å². The van der Waals surface area contributed by atoms with Crippen LogP contribution in [-0.2, 0) is 22.7 Å². The van der Waals surface area contributed by atoms with Gasteiger partial charge in [0.05, 0.1) is 9.79 Å². The molecule has 0 spiro atoms. The SMILES string of the molecule is NCCCc1cccc(-c2ccc3c(c2)-c2cc(-c4cccc(CCCN)c4)ccc2S3(=O)=O)c1. The third-order valence-corrected chi connectivity index (χ3v) is 8.56. The van der Waals surface area contributed by atoms with Gasteiger partial charge in [0.1, 0.15) is 0 Å². The van der Waals surface area contributed by atoms with E-state index in [1.54, 1.807) is 12.1 Å². The van der Waals surface area contributed by atoms with Gasteiger partial charge < -0.3 is 11.5 Å². The van der Waals surface area contributed by atoms with E-state index in [0.717, 1.165) is 59.1 Å². The Hall–Kier alpha value is -3.25. The molecule has 1 aliphatic rings. The first-order valence-electron chi connectivity index (χ1n) is 12.1. The van der Waals surface area contributed by atoms with Crippen LogP contribution in [0.25, 0.3) is 33.4 Å². The van der Waals surface area contributed by atoms with Crippen molar-refractivity contribution in [3.8, 4) is 33.4 Å². The summed E-state index contributed by atoms with van der Waals surface area (Å²) in [5.74, 6) is 0. The van der Waals surface area contributed by atoms with E-state index in [0.29, 0.717) is 22.9 Å². The van der Waals surface area contributed by atoms with E-state index in [1.807, 2.05) is 24.3 Å². The predicted molar refractivity (Wildman–Crippen MR) is 143 cm³/mol. The maximum Gasteiger partial charge on any atom is 0.207 e. The van der Waals surface area contributed by atoms with Crippen LogP contribution < -0.4 is 11.5 Å². The number of rotatable bonds is 8. The summed E-state index contributed by atoms with van der Waals surface area (Å²) >= 11 is 0. The van der Waals surface area contributed by atoms with Gasteiger partial charge in [0, 0.05) is 11.1 Å². The summed E-state index contributed by atoms with van der Waals surface area (Å²) < 4.78 is 26.6. The molecule has 0 unspecified atom stereocenters. The van der Waals surface area contributed by atoms with Crippen molar-refractivity contribution in [2.45, 2.75) is 35.5 Å². The highest BCUT2D eigenvalue weighted by atomic mass is 32.2. The van der Waals surface area contributed by atoms with Crippen LogP contribution in [0.3, 0.4) is 0 Å². The van der Waals surface area contributed by atoms with E-state index in [-0.39, 0.29) is 0 Å². The quantitative estimate of drug-likeness (QED) is 0.301. The molecule has 0 saturated heterocycles. The van der Waals surface area contributed by atoms with E-state index in [2.05, 4.69) is 48.5 Å². The standard InChI is InChI=1S/C30H30N2O2S/c31-15-3-7-21-5-1-9-23(17-21)25-11-13-29-27(19-25)28-20-26(12-14-30(28)35(29,33)34)24-10-2-6-22(18-24)8-4-16-32/h1-2,5-6,9-14,17-20H,3-4,7-8,15-16,31-32H2. The second-order valence-corrected chi connectivity index (χ2v) is 11.0. The van der Waals surface area contributed by atoms with Crippen molar-refractivity contribution in [1.29, 1.82) is 0 Å². The van der Waals surface area contributed by atoms with Crippen molar-refractivity contribution < 1.29 is 8.42 Å². The minimum atomic E-state index is -3.53. The molecule has 0 aliphatic carbocycles. The molecule has 0 radical (unpaired) electrons. The number of sulfone groups is 1. The van der Waals surface area contributed by atoms with Crippen LogP contribution >= 0.6 is 0 Å². The monoisotopic (exact) mass is 482 g/mol. The van der Waals surface area contributed by atoms with Gasteiger partial charge >= 0.3 is 0 Å². The average Bonchev–Trinajstić information content (AvgIpc) is 3.12. The van der Waals surface area contributed by atoms with Crippen LogP contribution in [0.15, 0.2) is 94.7 Å². The number of nitrogens with two attached hydrogens (primary N) is 2. The van der Waals surface area contributed by atoms with Gasteiger partial charge in [-0.25, -0.2) is 8.42 Å². The molecule has 5 rings (SSSR count). The van der Waals surface area contributed by atoms with Crippen LogP contribution in [0, 0.1) is 0 Å². The van der Waals surface area contributed by atoms with Crippen LogP contribution in [0.2, 0.25) is 0 Å². The van der Waals surface area contributed by atoms with Crippen LogP contribution in [0.1, 0.15) is 24.0 Å². The summed E-state index contributed by atoms with van der Waals surface area (Å²) in [5, 5.41) is 0. The average molecular weight is 483 g/mol. The molecule has 4 aromatic rings. The van der Waals surface area contributed by atoms with E-state index in [1.165, 1.54) is 11.1 Å². The number of fused-ring (bicyclic) bond motifs is 3. The van der Waals surface area contributed by atoms with Crippen molar-refractivity contribution in [2.75, 3.05) is 13.1 Å².